The van der Waals surface area contributed by atoms with Gasteiger partial charge in [0, 0.05) is 36.4 Å². The first-order chi connectivity index (χ1) is 28.7. The number of ether oxygens (including phenoxy) is 5. The smallest absolute Gasteiger partial charge is 0.330 e. The van der Waals surface area contributed by atoms with Crippen molar-refractivity contribution in [1.29, 1.82) is 0 Å². The Morgan fingerprint density at radius 2 is 1.20 bits per heavy atom. The standard InChI is InChI=1S/C42H47N4O11PS2/c1-6-32-34(21-37(54-32)46-23-26(3)39(48)44-41(46)50)57-58(59,60)53-24-35-33(20-36(55-35)45-22-25(2)38(47)43-40(45)49)56-42(27-10-8-7-9-11-27,28-12-16-30(51-4)17-13-28)29-14-18-31(52-5)19-15-29/h7-19,22-23,32-37H,6,20-21,24H2,1-5H3,(H,59,60)(H,43,47,49)(H,44,48,50)/t32-,33?,34?,35-,36-,37-/m1/s1. The fourth-order valence-electron chi connectivity index (χ4n) is 7.71. The normalized spacial score (nSPS) is 22.7. The van der Waals surface area contributed by atoms with Crippen LogP contribution in [0, 0.1) is 13.8 Å². The number of benzene rings is 3. The van der Waals surface area contributed by atoms with Gasteiger partial charge >= 0.3 is 11.4 Å². The van der Waals surface area contributed by atoms with Crippen molar-refractivity contribution in [2.45, 2.75) is 82.5 Å². The van der Waals surface area contributed by atoms with Gasteiger partial charge in [-0.2, -0.15) is 0 Å². The molecule has 7 rings (SSSR count). The Kier molecular flexibility index (Phi) is 13.2. The molecule has 2 aromatic heterocycles. The minimum atomic E-state index is -3.35. The summed E-state index contributed by atoms with van der Waals surface area (Å²) in [6.45, 7) is 4.99. The van der Waals surface area contributed by atoms with E-state index in [0.717, 1.165) is 16.7 Å². The summed E-state index contributed by atoms with van der Waals surface area (Å²) in [5.74, 6) is 1.31. The number of aromatic amines is 2. The van der Waals surface area contributed by atoms with Gasteiger partial charge in [0.25, 0.3) is 11.1 Å². The molecule has 5 aromatic rings. The highest BCUT2D eigenvalue weighted by Crippen LogP contribution is 2.57. The molecular formula is C42H47N4O11PS2. The molecule has 60 heavy (non-hydrogen) atoms. The van der Waals surface area contributed by atoms with Gasteiger partial charge in [-0.3, -0.25) is 28.7 Å². The van der Waals surface area contributed by atoms with Gasteiger partial charge in [0.1, 0.15) is 35.7 Å². The van der Waals surface area contributed by atoms with E-state index in [4.69, 9.17) is 56.8 Å². The van der Waals surface area contributed by atoms with Gasteiger partial charge in [-0.15, -0.1) is 0 Å². The van der Waals surface area contributed by atoms with Crippen LogP contribution in [0.3, 0.4) is 0 Å². The van der Waals surface area contributed by atoms with Crippen molar-refractivity contribution in [3.63, 3.8) is 0 Å². The maximum atomic E-state index is 13.3. The number of hydrogen-bond acceptors (Lipinski definition) is 12. The molecule has 2 fully saturated rings. The zero-order valence-corrected chi connectivity index (χ0v) is 36.2. The highest BCUT2D eigenvalue weighted by molar-refractivity contribution is 8.60. The molecule has 15 nitrogen and oxygen atoms in total. The minimum Gasteiger partial charge on any atom is -0.497 e. The number of aromatic nitrogens is 4. The lowest BCUT2D eigenvalue weighted by atomic mass is 9.79. The molecule has 4 heterocycles. The molecule has 318 valence electrons. The van der Waals surface area contributed by atoms with Gasteiger partial charge in [-0.1, -0.05) is 73.8 Å². The molecule has 0 aliphatic carbocycles. The van der Waals surface area contributed by atoms with Crippen LogP contribution in [0.1, 0.15) is 66.5 Å². The van der Waals surface area contributed by atoms with E-state index in [1.54, 1.807) is 28.1 Å². The number of H-pyrrole nitrogens is 2. The summed E-state index contributed by atoms with van der Waals surface area (Å²) in [4.78, 5) is 55.1. The summed E-state index contributed by atoms with van der Waals surface area (Å²) >= 11 is 10.6. The first kappa shape index (κ1) is 43.5. The number of nitrogens with zero attached hydrogens (tertiary/aromatic N) is 2. The lowest BCUT2D eigenvalue weighted by Gasteiger charge is -2.39. The molecule has 0 spiro atoms. The number of methoxy groups -OCH3 is 2. The van der Waals surface area contributed by atoms with Crippen LogP contribution in [0.4, 0.5) is 0 Å². The average molecular weight is 879 g/mol. The Balaban J connectivity index is 1.24. The van der Waals surface area contributed by atoms with E-state index in [2.05, 4.69) is 9.97 Å². The van der Waals surface area contributed by atoms with E-state index in [-0.39, 0.29) is 19.4 Å². The predicted molar refractivity (Wildman–Crippen MR) is 231 cm³/mol. The molecule has 2 saturated heterocycles. The van der Waals surface area contributed by atoms with E-state index < -0.39 is 70.7 Å². The summed E-state index contributed by atoms with van der Waals surface area (Å²) < 4.78 is 46.8. The van der Waals surface area contributed by atoms with Gasteiger partial charge in [0.15, 0.2) is 0 Å². The molecule has 0 bridgehead atoms. The average Bonchev–Trinajstić information content (AvgIpc) is 3.85. The van der Waals surface area contributed by atoms with E-state index in [9.17, 15) is 19.2 Å². The van der Waals surface area contributed by atoms with Crippen LogP contribution in [0.25, 0.3) is 0 Å². The first-order valence-corrected chi connectivity index (χ1v) is 23.2. The van der Waals surface area contributed by atoms with Crippen molar-refractivity contribution in [3.05, 3.63) is 161 Å². The molecule has 2 aliphatic rings. The highest BCUT2D eigenvalue weighted by atomic mass is 32.9. The number of rotatable bonds is 15. The molecule has 18 heteroatoms. The third kappa shape index (κ3) is 9.04. The highest BCUT2D eigenvalue weighted by Gasteiger charge is 2.47. The monoisotopic (exact) mass is 878 g/mol. The second-order valence-electron chi connectivity index (χ2n) is 14.7. The maximum Gasteiger partial charge on any atom is 0.330 e. The van der Waals surface area contributed by atoms with Gasteiger partial charge in [-0.05, 0) is 73.0 Å². The SMILES string of the molecule is CC[C@H]1O[C@@H](n2cc(C)c(=O)[nH]c2=O)CC1OP(=S)(S)OC[C@H]1O[C@@H](n2cc(C)c(=O)[nH]c2=O)CC1OC(c1ccccc1)(c1ccc(OC)cc1)c1ccc(OC)cc1. The van der Waals surface area contributed by atoms with E-state index in [0.29, 0.717) is 29.0 Å². The van der Waals surface area contributed by atoms with Crippen LogP contribution in [0.15, 0.2) is 110 Å². The second-order valence-corrected chi connectivity index (χ2v) is 19.9. The lowest BCUT2D eigenvalue weighted by molar-refractivity contribution is -0.0968. The van der Waals surface area contributed by atoms with E-state index >= 15 is 0 Å². The topological polar surface area (TPSA) is 174 Å². The van der Waals surface area contributed by atoms with Crippen LogP contribution >= 0.6 is 17.9 Å². The molecule has 7 atom stereocenters. The van der Waals surface area contributed by atoms with Gasteiger partial charge < -0.3 is 32.7 Å². The van der Waals surface area contributed by atoms with Crippen molar-refractivity contribution in [2.75, 3.05) is 20.8 Å². The molecule has 3 aromatic carbocycles. The van der Waals surface area contributed by atoms with Crippen LogP contribution in [-0.2, 0) is 40.7 Å². The quantitative estimate of drug-likeness (QED) is 0.0673. The number of hydrogen-bond donors (Lipinski definition) is 3. The summed E-state index contributed by atoms with van der Waals surface area (Å²) in [7, 11) is 3.20. The first-order valence-electron chi connectivity index (χ1n) is 19.4. The Morgan fingerprint density at radius 3 is 1.68 bits per heavy atom. The Labute approximate surface area is 355 Å². The van der Waals surface area contributed by atoms with Crippen molar-refractivity contribution < 1.29 is 32.7 Å². The third-order valence-electron chi connectivity index (χ3n) is 10.8. The molecule has 2 aliphatic heterocycles. The summed E-state index contributed by atoms with van der Waals surface area (Å²) in [5, 5.41) is 0. The number of aryl methyl sites for hydroxylation is 2. The summed E-state index contributed by atoms with van der Waals surface area (Å²) in [6, 6.07) is 25.0. The predicted octanol–water partition coefficient (Wildman–Crippen LogP) is 5.64. The lowest BCUT2D eigenvalue weighted by Crippen LogP contribution is -2.41. The Bertz CT molecular complexity index is 2530. The summed E-state index contributed by atoms with van der Waals surface area (Å²) in [6.07, 6.45) is -0.368. The third-order valence-corrected chi connectivity index (χ3v) is 13.1. The van der Waals surface area contributed by atoms with Crippen LogP contribution < -0.4 is 32.0 Å². The number of thiol groups is 1. The van der Waals surface area contributed by atoms with Gasteiger partial charge in [0.05, 0.1) is 39.1 Å². The Hall–Kier alpha value is -4.58. The van der Waals surface area contributed by atoms with Gasteiger partial charge in [0.2, 0.25) is 5.69 Å². The molecule has 0 saturated carbocycles. The molecule has 0 radical (unpaired) electrons. The zero-order chi connectivity index (χ0) is 42.8. The van der Waals surface area contributed by atoms with Crippen LogP contribution in [0.5, 0.6) is 11.5 Å². The van der Waals surface area contributed by atoms with Gasteiger partial charge in [-0.25, -0.2) is 9.59 Å². The molecule has 3 unspecified atom stereocenters. The zero-order valence-electron chi connectivity index (χ0n) is 33.6. The molecule has 0 amide bonds. The van der Waals surface area contributed by atoms with E-state index in [1.165, 1.54) is 21.5 Å². The Morgan fingerprint density at radius 1 is 0.733 bits per heavy atom. The fourth-order valence-corrected chi connectivity index (χ4v) is 9.75. The maximum absolute atomic E-state index is 13.3. The van der Waals surface area contributed by atoms with Crippen molar-refractivity contribution >= 4 is 29.7 Å². The van der Waals surface area contributed by atoms with Crippen LogP contribution in [-0.4, -0.2) is 64.3 Å². The summed E-state index contributed by atoms with van der Waals surface area (Å²) in [5.41, 5.74) is -3.77. The molecular weight excluding hydrogens is 832 g/mol. The van der Waals surface area contributed by atoms with Crippen molar-refractivity contribution in [1.82, 2.24) is 19.1 Å². The van der Waals surface area contributed by atoms with Crippen LogP contribution in [0.2, 0.25) is 0 Å². The molecule has 2 N–H and O–H groups in total. The largest absolute Gasteiger partial charge is 0.497 e. The van der Waals surface area contributed by atoms with Crippen molar-refractivity contribution in [2.24, 2.45) is 0 Å². The minimum absolute atomic E-state index is 0.151. The number of nitrogens with one attached hydrogen (secondary N) is 2. The second kappa shape index (κ2) is 18.2. The fraction of sp³-hybridized carbons (Fsp3) is 0.381. The van der Waals surface area contributed by atoms with E-state index in [1.807, 2.05) is 85.8 Å². The van der Waals surface area contributed by atoms with Crippen molar-refractivity contribution in [3.8, 4) is 11.5 Å².